The quantitative estimate of drug-likeness (QED) is 0.649. The van der Waals surface area contributed by atoms with Gasteiger partial charge in [0.15, 0.2) is 0 Å². The molecule has 72 valence electrons. The van der Waals surface area contributed by atoms with Crippen LogP contribution in [0.2, 0.25) is 0 Å². The van der Waals surface area contributed by atoms with Crippen LogP contribution in [0.3, 0.4) is 0 Å². The summed E-state index contributed by atoms with van der Waals surface area (Å²) >= 11 is 2.33. The number of hydrogen-bond acceptors (Lipinski definition) is 2. The lowest BCUT2D eigenvalue weighted by atomic mass is 10.2. The van der Waals surface area contributed by atoms with Gasteiger partial charge in [0.25, 0.3) is 0 Å². The second kappa shape index (κ2) is 6.43. The predicted octanol–water partition coefficient (Wildman–Crippen LogP) is 1.83. The summed E-state index contributed by atoms with van der Waals surface area (Å²) in [6.45, 7) is 0.667. The highest BCUT2D eigenvalue weighted by Crippen LogP contribution is 1.99. The smallest absolute Gasteiger partial charge is 0.135 e. The van der Waals surface area contributed by atoms with Crippen LogP contribution in [0.5, 0.6) is 0 Å². The maximum absolute atomic E-state index is 11.2. The van der Waals surface area contributed by atoms with Gasteiger partial charge in [0.1, 0.15) is 5.75 Å². The van der Waals surface area contributed by atoms with Crippen molar-refractivity contribution in [1.82, 2.24) is 4.72 Å². The van der Waals surface area contributed by atoms with Crippen LogP contribution in [0.1, 0.15) is 5.56 Å². The van der Waals surface area contributed by atoms with Crippen molar-refractivity contribution in [3.63, 3.8) is 0 Å². The highest BCUT2D eigenvalue weighted by molar-refractivity contribution is 9.09. The molecule has 0 aromatic heterocycles. The molecule has 0 saturated carbocycles. The van der Waals surface area contributed by atoms with Crippen LogP contribution in [0.25, 0.3) is 0 Å². The average Bonchev–Trinajstić information content (AvgIpc) is 2.17. The van der Waals surface area contributed by atoms with E-state index < -0.39 is 11.4 Å². The first-order valence-electron chi connectivity index (χ1n) is 4.04. The summed E-state index contributed by atoms with van der Waals surface area (Å²) in [4.78, 5) is 0. The fourth-order valence-corrected chi connectivity index (χ4v) is 2.40. The molecule has 1 unspecified atom stereocenters. The molecule has 0 bridgehead atoms. The van der Waals surface area contributed by atoms with Crippen molar-refractivity contribution in [3.8, 4) is 0 Å². The molecule has 0 radical (unpaired) electrons. The normalized spacial score (nSPS) is 12.8. The van der Waals surface area contributed by atoms with Gasteiger partial charge in [-0.3, -0.25) is 0 Å². The number of halogens is 1. The Hall–Kier alpha value is -0.0300. The van der Waals surface area contributed by atoms with Gasteiger partial charge < -0.3 is 4.55 Å². The SMILES string of the molecule is [O-][S+](CCBr)NCc1ccccc1. The van der Waals surface area contributed by atoms with Crippen molar-refractivity contribution in [3.05, 3.63) is 35.9 Å². The molecule has 0 spiro atoms. The summed E-state index contributed by atoms with van der Waals surface area (Å²) in [5, 5.41) is 0.765. The molecule has 0 amide bonds. The van der Waals surface area contributed by atoms with Crippen molar-refractivity contribution in [2.75, 3.05) is 11.1 Å². The Morgan fingerprint density at radius 3 is 2.62 bits per heavy atom. The lowest BCUT2D eigenvalue weighted by Crippen LogP contribution is -2.26. The summed E-state index contributed by atoms with van der Waals surface area (Å²) in [5.74, 6) is 0.646. The topological polar surface area (TPSA) is 35.1 Å². The molecule has 1 aromatic carbocycles. The fraction of sp³-hybridized carbons (Fsp3) is 0.333. The van der Waals surface area contributed by atoms with Crippen LogP contribution in [-0.2, 0) is 17.9 Å². The maximum atomic E-state index is 11.2. The zero-order valence-electron chi connectivity index (χ0n) is 7.20. The van der Waals surface area contributed by atoms with E-state index in [1.165, 1.54) is 0 Å². The monoisotopic (exact) mass is 261 g/mol. The highest BCUT2D eigenvalue weighted by Gasteiger charge is 2.03. The Morgan fingerprint density at radius 2 is 2.00 bits per heavy atom. The zero-order chi connectivity index (χ0) is 9.52. The van der Waals surface area contributed by atoms with Gasteiger partial charge >= 0.3 is 0 Å². The van der Waals surface area contributed by atoms with E-state index in [0.717, 1.165) is 10.9 Å². The van der Waals surface area contributed by atoms with E-state index in [4.69, 9.17) is 0 Å². The molecular weight excluding hydrogens is 250 g/mol. The van der Waals surface area contributed by atoms with Crippen molar-refractivity contribution < 1.29 is 4.55 Å². The number of nitrogens with one attached hydrogen (secondary N) is 1. The molecule has 0 saturated heterocycles. The lowest BCUT2D eigenvalue weighted by molar-refractivity contribution is 0.582. The molecule has 0 fully saturated rings. The summed E-state index contributed by atoms with van der Waals surface area (Å²) in [5.41, 5.74) is 1.16. The van der Waals surface area contributed by atoms with Crippen LogP contribution in [0.4, 0.5) is 0 Å². The highest BCUT2D eigenvalue weighted by atomic mass is 79.9. The molecule has 13 heavy (non-hydrogen) atoms. The van der Waals surface area contributed by atoms with Crippen molar-refractivity contribution in [1.29, 1.82) is 0 Å². The van der Waals surface area contributed by atoms with Crippen molar-refractivity contribution >= 4 is 27.3 Å². The first kappa shape index (κ1) is 11.0. The van der Waals surface area contributed by atoms with E-state index in [9.17, 15) is 4.55 Å². The van der Waals surface area contributed by atoms with Gasteiger partial charge in [-0.15, -0.1) is 4.72 Å². The predicted molar refractivity (Wildman–Crippen MR) is 60.1 cm³/mol. The number of benzene rings is 1. The van der Waals surface area contributed by atoms with Crippen LogP contribution in [0.15, 0.2) is 30.3 Å². The minimum atomic E-state index is -0.917. The van der Waals surface area contributed by atoms with E-state index >= 15 is 0 Å². The molecule has 0 aliphatic heterocycles. The summed E-state index contributed by atoms with van der Waals surface area (Å²) < 4.78 is 14.1. The number of rotatable bonds is 5. The Labute approximate surface area is 90.2 Å². The largest absolute Gasteiger partial charge is 0.598 e. The molecule has 4 heteroatoms. The maximum Gasteiger partial charge on any atom is 0.135 e. The third-order valence-electron chi connectivity index (χ3n) is 1.54. The van der Waals surface area contributed by atoms with Gasteiger partial charge in [0.05, 0.1) is 11.9 Å². The molecule has 1 atom stereocenters. The molecule has 0 heterocycles. The van der Waals surface area contributed by atoms with Crippen molar-refractivity contribution in [2.24, 2.45) is 0 Å². The second-order valence-electron chi connectivity index (χ2n) is 2.55. The molecule has 1 aromatic rings. The second-order valence-corrected chi connectivity index (χ2v) is 4.73. The van der Waals surface area contributed by atoms with E-state index in [1.54, 1.807) is 0 Å². The Morgan fingerprint density at radius 1 is 1.31 bits per heavy atom. The average molecular weight is 262 g/mol. The zero-order valence-corrected chi connectivity index (χ0v) is 9.61. The molecule has 0 aliphatic carbocycles. The Bertz CT molecular complexity index is 232. The van der Waals surface area contributed by atoms with E-state index in [2.05, 4.69) is 20.7 Å². The Kier molecular flexibility index (Phi) is 5.46. The third-order valence-corrected chi connectivity index (χ3v) is 3.51. The van der Waals surface area contributed by atoms with Crippen LogP contribution in [0, 0.1) is 0 Å². The summed E-state index contributed by atoms with van der Waals surface area (Å²) in [6, 6.07) is 9.95. The Balaban J connectivity index is 2.27. The van der Waals surface area contributed by atoms with Gasteiger partial charge in [-0.1, -0.05) is 46.3 Å². The third kappa shape index (κ3) is 4.67. The van der Waals surface area contributed by atoms with Crippen LogP contribution < -0.4 is 4.72 Å². The van der Waals surface area contributed by atoms with Crippen LogP contribution in [-0.4, -0.2) is 15.6 Å². The van der Waals surface area contributed by atoms with Crippen molar-refractivity contribution in [2.45, 2.75) is 6.54 Å². The lowest BCUT2D eigenvalue weighted by Gasteiger charge is -2.09. The standard InChI is InChI=1S/C9H12BrNOS/c10-6-7-13(12)11-8-9-4-2-1-3-5-9/h1-5,11H,6-8H2. The molecular formula is C9H12BrNOS. The minimum absolute atomic E-state index is 0.646. The van der Waals surface area contributed by atoms with E-state index in [1.807, 2.05) is 30.3 Å². The number of hydrogen-bond donors (Lipinski definition) is 1. The molecule has 0 aliphatic rings. The fourth-order valence-electron chi connectivity index (χ4n) is 0.902. The number of alkyl halides is 1. The van der Waals surface area contributed by atoms with E-state index in [0.29, 0.717) is 12.3 Å². The summed E-state index contributed by atoms with van der Waals surface area (Å²) in [7, 11) is 0. The van der Waals surface area contributed by atoms with Gasteiger partial charge in [0, 0.05) is 11.4 Å². The first-order valence-corrected chi connectivity index (χ1v) is 6.48. The van der Waals surface area contributed by atoms with Gasteiger partial charge in [-0.25, -0.2) is 0 Å². The molecule has 1 N–H and O–H groups in total. The van der Waals surface area contributed by atoms with Gasteiger partial charge in [-0.05, 0) is 5.56 Å². The molecule has 1 rings (SSSR count). The minimum Gasteiger partial charge on any atom is -0.598 e. The van der Waals surface area contributed by atoms with Gasteiger partial charge in [-0.2, -0.15) is 0 Å². The van der Waals surface area contributed by atoms with Crippen LogP contribution >= 0.6 is 15.9 Å². The first-order chi connectivity index (χ1) is 6.33. The van der Waals surface area contributed by atoms with Gasteiger partial charge in [0.2, 0.25) is 0 Å². The summed E-state index contributed by atoms with van der Waals surface area (Å²) in [6.07, 6.45) is 0. The van der Waals surface area contributed by atoms with E-state index in [-0.39, 0.29) is 0 Å². The molecule has 2 nitrogen and oxygen atoms in total.